The van der Waals surface area contributed by atoms with Crippen LogP contribution in [0.4, 0.5) is 0 Å². The second-order valence-electron chi connectivity index (χ2n) is 6.01. The van der Waals surface area contributed by atoms with Crippen LogP contribution in [0.1, 0.15) is 57.0 Å². The fraction of sp³-hybridized carbons (Fsp3) is 0.800. The van der Waals surface area contributed by atoms with Crippen molar-refractivity contribution in [2.75, 3.05) is 13.1 Å². The molecule has 1 N–H and O–H groups in total. The highest BCUT2D eigenvalue weighted by molar-refractivity contribution is 7.11. The van der Waals surface area contributed by atoms with E-state index in [1.807, 2.05) is 17.5 Å². The predicted octanol–water partition coefficient (Wildman–Crippen LogP) is 3.23. The lowest BCUT2D eigenvalue weighted by Crippen LogP contribution is -2.62. The molecule has 3 unspecified atom stereocenters. The molecule has 1 aliphatic heterocycles. The Kier molecular flexibility index (Phi) is 4.64. The first kappa shape index (κ1) is 14.9. The maximum atomic E-state index is 4.63. The molecule has 2 rings (SSSR count). The largest absolute Gasteiger partial charge is 0.309 e. The minimum absolute atomic E-state index is 0.242. The monoisotopic (exact) mass is 281 g/mol. The fourth-order valence-electron chi connectivity index (χ4n) is 2.70. The molecule has 4 heteroatoms. The highest BCUT2D eigenvalue weighted by Gasteiger charge is 2.35. The highest BCUT2D eigenvalue weighted by Crippen LogP contribution is 2.30. The fourth-order valence-corrected chi connectivity index (χ4v) is 3.63. The van der Waals surface area contributed by atoms with Gasteiger partial charge in [0.15, 0.2) is 0 Å². The van der Waals surface area contributed by atoms with E-state index in [1.54, 1.807) is 0 Å². The number of hydrogen-bond acceptors (Lipinski definition) is 4. The number of aromatic nitrogens is 1. The van der Waals surface area contributed by atoms with E-state index < -0.39 is 0 Å². The van der Waals surface area contributed by atoms with Crippen LogP contribution in [0.15, 0.2) is 6.20 Å². The zero-order valence-corrected chi connectivity index (χ0v) is 13.7. The molecule has 1 fully saturated rings. The van der Waals surface area contributed by atoms with Crippen molar-refractivity contribution in [1.82, 2.24) is 15.2 Å². The minimum atomic E-state index is 0.242. The van der Waals surface area contributed by atoms with E-state index in [0.29, 0.717) is 12.1 Å². The van der Waals surface area contributed by atoms with Gasteiger partial charge in [0.05, 0.1) is 6.04 Å². The first-order valence-corrected chi connectivity index (χ1v) is 8.26. The van der Waals surface area contributed by atoms with Crippen LogP contribution in [0.3, 0.4) is 0 Å². The quantitative estimate of drug-likeness (QED) is 0.918. The molecule has 2 heterocycles. The molecule has 0 aliphatic carbocycles. The van der Waals surface area contributed by atoms with Gasteiger partial charge in [-0.15, -0.1) is 11.3 Å². The summed E-state index contributed by atoms with van der Waals surface area (Å²) in [6.07, 6.45) is 4.30. The third kappa shape index (κ3) is 3.18. The van der Waals surface area contributed by atoms with E-state index in [9.17, 15) is 0 Å². The maximum absolute atomic E-state index is 4.63. The van der Waals surface area contributed by atoms with Gasteiger partial charge in [0.1, 0.15) is 5.01 Å². The number of nitrogens with zero attached hydrogens (tertiary/aromatic N) is 2. The van der Waals surface area contributed by atoms with Crippen molar-refractivity contribution in [2.45, 2.75) is 65.1 Å². The van der Waals surface area contributed by atoms with Crippen molar-refractivity contribution in [3.8, 4) is 0 Å². The average molecular weight is 281 g/mol. The molecular formula is C15H27N3S. The lowest BCUT2D eigenvalue weighted by molar-refractivity contribution is 0.0596. The second kappa shape index (κ2) is 5.90. The Labute approximate surface area is 121 Å². The summed E-state index contributed by atoms with van der Waals surface area (Å²) in [5.41, 5.74) is 0.242. The van der Waals surface area contributed by atoms with E-state index >= 15 is 0 Å². The summed E-state index contributed by atoms with van der Waals surface area (Å²) in [5, 5.41) is 4.96. The molecule has 1 aromatic heterocycles. The van der Waals surface area contributed by atoms with Crippen molar-refractivity contribution in [2.24, 2.45) is 0 Å². The summed E-state index contributed by atoms with van der Waals surface area (Å²) in [6.45, 7) is 13.6. The lowest BCUT2D eigenvalue weighted by Gasteiger charge is -2.47. The number of nitrogens with one attached hydrogen (secondary N) is 1. The van der Waals surface area contributed by atoms with Crippen LogP contribution in [0.2, 0.25) is 0 Å². The van der Waals surface area contributed by atoms with Crippen LogP contribution >= 0.6 is 11.3 Å². The number of rotatable bonds is 4. The van der Waals surface area contributed by atoms with Crippen molar-refractivity contribution < 1.29 is 0 Å². The summed E-state index contributed by atoms with van der Waals surface area (Å²) in [4.78, 5) is 8.63. The van der Waals surface area contributed by atoms with Gasteiger partial charge < -0.3 is 5.32 Å². The van der Waals surface area contributed by atoms with Crippen LogP contribution in [-0.4, -0.2) is 34.6 Å². The van der Waals surface area contributed by atoms with E-state index in [0.717, 1.165) is 19.5 Å². The number of aryl methyl sites for hydroxylation is 1. The Morgan fingerprint density at radius 1 is 1.58 bits per heavy atom. The van der Waals surface area contributed by atoms with Crippen LogP contribution < -0.4 is 5.32 Å². The molecule has 0 radical (unpaired) electrons. The molecule has 1 aliphatic rings. The lowest BCUT2D eigenvalue weighted by atomic mass is 9.93. The maximum Gasteiger partial charge on any atom is 0.110 e. The number of hydrogen-bond donors (Lipinski definition) is 1. The summed E-state index contributed by atoms with van der Waals surface area (Å²) < 4.78 is 0. The van der Waals surface area contributed by atoms with E-state index in [1.165, 1.54) is 16.3 Å². The summed E-state index contributed by atoms with van der Waals surface area (Å²) >= 11 is 1.87. The average Bonchev–Trinajstić information content (AvgIpc) is 2.90. The summed E-state index contributed by atoms with van der Waals surface area (Å²) in [5.74, 6) is 0. The Hall–Kier alpha value is -0.450. The zero-order valence-electron chi connectivity index (χ0n) is 12.9. The molecule has 0 spiro atoms. The SMILES string of the molecule is CCc1cnc(C(C)N2CC(C)(CC)NCC2C)s1. The standard InChI is InChI=1S/C15H27N3S/c1-6-13-9-16-14(19-13)12(4)18-10-15(5,7-2)17-8-11(18)3/h9,11-12,17H,6-8,10H2,1-5H3. The summed E-state index contributed by atoms with van der Waals surface area (Å²) in [7, 11) is 0. The third-order valence-electron chi connectivity index (χ3n) is 4.48. The van der Waals surface area contributed by atoms with Gasteiger partial charge in [-0.05, 0) is 33.6 Å². The topological polar surface area (TPSA) is 28.2 Å². The van der Waals surface area contributed by atoms with Crippen LogP contribution in [0.25, 0.3) is 0 Å². The molecule has 1 aromatic rings. The van der Waals surface area contributed by atoms with E-state index in [-0.39, 0.29) is 5.54 Å². The zero-order chi connectivity index (χ0) is 14.0. The summed E-state index contributed by atoms with van der Waals surface area (Å²) in [6, 6.07) is 0.997. The van der Waals surface area contributed by atoms with Crippen molar-refractivity contribution >= 4 is 11.3 Å². The normalized spacial score (nSPS) is 30.5. The number of piperazine rings is 1. The molecule has 0 aromatic carbocycles. The second-order valence-corrected chi connectivity index (χ2v) is 7.16. The number of thiazole rings is 1. The molecule has 0 saturated carbocycles. The molecule has 108 valence electrons. The Morgan fingerprint density at radius 3 is 2.89 bits per heavy atom. The van der Waals surface area contributed by atoms with Crippen molar-refractivity contribution in [1.29, 1.82) is 0 Å². The highest BCUT2D eigenvalue weighted by atomic mass is 32.1. The van der Waals surface area contributed by atoms with Gasteiger partial charge in [0, 0.05) is 35.7 Å². The van der Waals surface area contributed by atoms with Gasteiger partial charge >= 0.3 is 0 Å². The third-order valence-corrected chi connectivity index (χ3v) is 5.79. The minimum Gasteiger partial charge on any atom is -0.309 e. The smallest absolute Gasteiger partial charge is 0.110 e. The Bertz CT molecular complexity index is 417. The van der Waals surface area contributed by atoms with E-state index in [4.69, 9.17) is 0 Å². The molecule has 1 saturated heterocycles. The predicted molar refractivity (Wildman–Crippen MR) is 82.8 cm³/mol. The molecule has 3 atom stereocenters. The van der Waals surface area contributed by atoms with Gasteiger partial charge in [-0.2, -0.15) is 0 Å². The molecule has 0 bridgehead atoms. The van der Waals surface area contributed by atoms with Gasteiger partial charge in [-0.3, -0.25) is 4.90 Å². The molecule has 19 heavy (non-hydrogen) atoms. The Morgan fingerprint density at radius 2 is 2.32 bits per heavy atom. The van der Waals surface area contributed by atoms with Gasteiger partial charge in [-0.1, -0.05) is 13.8 Å². The first-order valence-electron chi connectivity index (χ1n) is 7.44. The molecule has 3 nitrogen and oxygen atoms in total. The van der Waals surface area contributed by atoms with Gasteiger partial charge in [0.2, 0.25) is 0 Å². The van der Waals surface area contributed by atoms with Gasteiger partial charge in [-0.25, -0.2) is 4.98 Å². The van der Waals surface area contributed by atoms with Crippen LogP contribution in [0.5, 0.6) is 0 Å². The van der Waals surface area contributed by atoms with Crippen molar-refractivity contribution in [3.05, 3.63) is 16.1 Å². The Balaban J connectivity index is 2.14. The van der Waals surface area contributed by atoms with Gasteiger partial charge in [0.25, 0.3) is 0 Å². The van der Waals surface area contributed by atoms with Crippen molar-refractivity contribution in [3.63, 3.8) is 0 Å². The molecule has 0 amide bonds. The van der Waals surface area contributed by atoms with E-state index in [2.05, 4.69) is 49.8 Å². The molecular weight excluding hydrogens is 254 g/mol. The van der Waals surface area contributed by atoms with Crippen LogP contribution in [-0.2, 0) is 6.42 Å². The first-order chi connectivity index (χ1) is 8.99. The van der Waals surface area contributed by atoms with Crippen LogP contribution in [0, 0.1) is 0 Å².